The van der Waals surface area contributed by atoms with Gasteiger partial charge in [0.15, 0.2) is 0 Å². The average molecular weight is 289 g/mol. The first-order chi connectivity index (χ1) is 9.63. The molecule has 1 aromatic heterocycles. The molecule has 2 rings (SSSR count). The Bertz CT molecular complexity index is 573. The van der Waals surface area contributed by atoms with Crippen LogP contribution in [-0.4, -0.2) is 28.9 Å². The maximum absolute atomic E-state index is 12.0. The highest BCUT2D eigenvalue weighted by Crippen LogP contribution is 2.24. The summed E-state index contributed by atoms with van der Waals surface area (Å²) < 4.78 is 0. The highest BCUT2D eigenvalue weighted by Gasteiger charge is 2.13. The maximum Gasteiger partial charge on any atom is 0.228 e. The number of amides is 1. The van der Waals surface area contributed by atoms with E-state index in [1.807, 2.05) is 48.4 Å². The van der Waals surface area contributed by atoms with Gasteiger partial charge in [-0.1, -0.05) is 0 Å². The van der Waals surface area contributed by atoms with E-state index in [1.54, 1.807) is 11.3 Å². The van der Waals surface area contributed by atoms with Gasteiger partial charge in [0.1, 0.15) is 5.01 Å². The lowest BCUT2D eigenvalue weighted by atomic mass is 10.2. The predicted molar refractivity (Wildman–Crippen MR) is 83.6 cm³/mol. The molecule has 20 heavy (non-hydrogen) atoms. The van der Waals surface area contributed by atoms with Crippen molar-refractivity contribution < 1.29 is 4.79 Å². The quantitative estimate of drug-likeness (QED) is 0.861. The van der Waals surface area contributed by atoms with Gasteiger partial charge in [-0.25, -0.2) is 4.98 Å². The Kier molecular flexibility index (Phi) is 4.74. The van der Waals surface area contributed by atoms with E-state index in [1.165, 1.54) is 0 Å². The van der Waals surface area contributed by atoms with Crippen LogP contribution < -0.4 is 5.73 Å². The average Bonchev–Trinajstić information content (AvgIpc) is 2.89. The van der Waals surface area contributed by atoms with E-state index in [0.29, 0.717) is 6.42 Å². The van der Waals surface area contributed by atoms with Crippen molar-refractivity contribution in [2.45, 2.75) is 20.3 Å². The van der Waals surface area contributed by atoms with Crippen LogP contribution in [0.1, 0.15) is 19.5 Å². The highest BCUT2D eigenvalue weighted by atomic mass is 32.1. The van der Waals surface area contributed by atoms with Crippen LogP contribution in [-0.2, 0) is 11.2 Å². The number of nitrogens with zero attached hydrogens (tertiary/aromatic N) is 2. The van der Waals surface area contributed by atoms with Gasteiger partial charge >= 0.3 is 0 Å². The third kappa shape index (κ3) is 3.36. The second-order valence-corrected chi connectivity index (χ2v) is 5.37. The van der Waals surface area contributed by atoms with Crippen LogP contribution in [0.25, 0.3) is 10.6 Å². The molecule has 106 valence electrons. The van der Waals surface area contributed by atoms with Gasteiger partial charge in [-0.05, 0) is 38.1 Å². The third-order valence-electron chi connectivity index (χ3n) is 3.16. The monoisotopic (exact) mass is 289 g/mol. The van der Waals surface area contributed by atoms with Crippen LogP contribution >= 0.6 is 11.3 Å². The van der Waals surface area contributed by atoms with Gasteiger partial charge in [-0.3, -0.25) is 4.79 Å². The minimum atomic E-state index is 0.129. The van der Waals surface area contributed by atoms with E-state index in [0.717, 1.165) is 35.0 Å². The van der Waals surface area contributed by atoms with Crippen molar-refractivity contribution in [2.24, 2.45) is 0 Å². The maximum atomic E-state index is 12.0. The van der Waals surface area contributed by atoms with Crippen LogP contribution in [0.2, 0.25) is 0 Å². The summed E-state index contributed by atoms with van der Waals surface area (Å²) in [6.07, 6.45) is 0.368. The van der Waals surface area contributed by atoms with Gasteiger partial charge in [0.25, 0.3) is 0 Å². The van der Waals surface area contributed by atoms with Gasteiger partial charge in [-0.2, -0.15) is 0 Å². The fourth-order valence-electron chi connectivity index (χ4n) is 1.99. The smallest absolute Gasteiger partial charge is 0.228 e. The normalized spacial score (nSPS) is 10.5. The van der Waals surface area contributed by atoms with Gasteiger partial charge in [0.2, 0.25) is 5.91 Å². The molecule has 0 aliphatic rings. The number of anilines is 1. The summed E-state index contributed by atoms with van der Waals surface area (Å²) in [5.74, 6) is 0.129. The number of thiazole rings is 1. The molecule has 1 heterocycles. The summed E-state index contributed by atoms with van der Waals surface area (Å²) in [5.41, 5.74) is 8.28. The lowest BCUT2D eigenvalue weighted by molar-refractivity contribution is -0.130. The van der Waals surface area contributed by atoms with Crippen LogP contribution in [0.15, 0.2) is 29.6 Å². The fraction of sp³-hybridized carbons (Fsp3) is 0.333. The van der Waals surface area contributed by atoms with Crippen LogP contribution in [0.5, 0.6) is 0 Å². The number of nitrogen functional groups attached to an aromatic ring is 1. The highest BCUT2D eigenvalue weighted by molar-refractivity contribution is 7.13. The standard InChI is InChI=1S/C15H19N3OS/c1-3-18(4-2)14(19)9-13-10-20-15(17-13)11-5-7-12(16)8-6-11/h5-8,10H,3-4,9,16H2,1-2H3. The summed E-state index contributed by atoms with van der Waals surface area (Å²) in [7, 11) is 0. The zero-order valence-electron chi connectivity index (χ0n) is 11.8. The molecule has 1 amide bonds. The molecule has 2 aromatic rings. The number of hydrogen-bond acceptors (Lipinski definition) is 4. The Labute approximate surface area is 123 Å². The van der Waals surface area contributed by atoms with Crippen molar-refractivity contribution in [3.05, 3.63) is 35.3 Å². The number of hydrogen-bond donors (Lipinski definition) is 1. The largest absolute Gasteiger partial charge is 0.399 e. The van der Waals surface area contributed by atoms with Crippen LogP contribution in [0, 0.1) is 0 Å². The van der Waals surface area contributed by atoms with Gasteiger partial charge in [-0.15, -0.1) is 11.3 Å². The Morgan fingerprint density at radius 1 is 1.25 bits per heavy atom. The molecule has 0 saturated heterocycles. The van der Waals surface area contributed by atoms with E-state index in [9.17, 15) is 4.79 Å². The van der Waals surface area contributed by atoms with E-state index >= 15 is 0 Å². The van der Waals surface area contributed by atoms with Crippen molar-refractivity contribution in [3.63, 3.8) is 0 Å². The van der Waals surface area contributed by atoms with E-state index in [2.05, 4.69) is 4.98 Å². The Morgan fingerprint density at radius 3 is 2.50 bits per heavy atom. The van der Waals surface area contributed by atoms with E-state index in [4.69, 9.17) is 5.73 Å². The van der Waals surface area contributed by atoms with Crippen molar-refractivity contribution in [1.29, 1.82) is 0 Å². The molecule has 2 N–H and O–H groups in total. The first kappa shape index (κ1) is 14.5. The summed E-state index contributed by atoms with van der Waals surface area (Å²) in [6, 6.07) is 7.61. The minimum Gasteiger partial charge on any atom is -0.399 e. The third-order valence-corrected chi connectivity index (χ3v) is 4.10. The molecule has 0 unspecified atom stereocenters. The van der Waals surface area contributed by atoms with Crippen molar-refractivity contribution >= 4 is 22.9 Å². The Morgan fingerprint density at radius 2 is 1.90 bits per heavy atom. The van der Waals surface area contributed by atoms with E-state index in [-0.39, 0.29) is 5.91 Å². The Balaban J connectivity index is 2.09. The molecule has 0 saturated carbocycles. The molecule has 0 spiro atoms. The zero-order valence-corrected chi connectivity index (χ0v) is 12.6. The van der Waals surface area contributed by atoms with Crippen LogP contribution in [0.4, 0.5) is 5.69 Å². The summed E-state index contributed by atoms with van der Waals surface area (Å²) in [6.45, 7) is 5.46. The molecule has 4 nitrogen and oxygen atoms in total. The zero-order chi connectivity index (χ0) is 14.5. The SMILES string of the molecule is CCN(CC)C(=O)Cc1csc(-c2ccc(N)cc2)n1. The molecule has 0 aliphatic carbocycles. The van der Waals surface area contributed by atoms with Crippen LogP contribution in [0.3, 0.4) is 0 Å². The second-order valence-electron chi connectivity index (χ2n) is 4.51. The summed E-state index contributed by atoms with van der Waals surface area (Å²) >= 11 is 1.55. The van der Waals surface area contributed by atoms with Gasteiger partial charge in [0.05, 0.1) is 12.1 Å². The van der Waals surface area contributed by atoms with Crippen molar-refractivity contribution in [3.8, 4) is 10.6 Å². The van der Waals surface area contributed by atoms with Gasteiger partial charge in [0, 0.05) is 29.7 Å². The molecule has 5 heteroatoms. The van der Waals surface area contributed by atoms with E-state index < -0.39 is 0 Å². The molecule has 0 atom stereocenters. The number of carbonyl (C=O) groups excluding carboxylic acids is 1. The number of aromatic nitrogens is 1. The number of carbonyl (C=O) groups is 1. The lowest BCUT2D eigenvalue weighted by Gasteiger charge is -2.17. The molecule has 0 radical (unpaired) electrons. The molecule has 0 aliphatic heterocycles. The fourth-order valence-corrected chi connectivity index (χ4v) is 2.82. The lowest BCUT2D eigenvalue weighted by Crippen LogP contribution is -2.31. The second kappa shape index (κ2) is 6.52. The molecular formula is C15H19N3OS. The minimum absolute atomic E-state index is 0.129. The predicted octanol–water partition coefficient (Wildman–Crippen LogP) is 2.80. The first-order valence-electron chi connectivity index (χ1n) is 6.72. The topological polar surface area (TPSA) is 59.2 Å². The van der Waals surface area contributed by atoms with Gasteiger partial charge < -0.3 is 10.6 Å². The summed E-state index contributed by atoms with van der Waals surface area (Å²) in [5, 5.41) is 2.87. The van der Waals surface area contributed by atoms with Crippen molar-refractivity contribution in [2.75, 3.05) is 18.8 Å². The molecule has 1 aromatic carbocycles. The van der Waals surface area contributed by atoms with Crippen molar-refractivity contribution in [1.82, 2.24) is 9.88 Å². The Hall–Kier alpha value is -1.88. The summed E-state index contributed by atoms with van der Waals surface area (Å²) in [4.78, 5) is 18.4. The number of rotatable bonds is 5. The number of benzene rings is 1. The first-order valence-corrected chi connectivity index (χ1v) is 7.60. The molecule has 0 bridgehead atoms. The number of nitrogens with two attached hydrogens (primary N) is 1. The molecular weight excluding hydrogens is 270 g/mol. The molecule has 0 fully saturated rings. The number of likely N-dealkylation sites (N-methyl/N-ethyl adjacent to an activating group) is 1.